The van der Waals surface area contributed by atoms with Gasteiger partial charge < -0.3 is 17.6 Å². The fourth-order valence-corrected chi connectivity index (χ4v) is 1.07. The number of aliphatic hydroxyl groups is 2. The van der Waals surface area contributed by atoms with Gasteiger partial charge in [0.25, 0.3) is 0 Å². The molecule has 2 aromatic carbocycles. The fraction of sp³-hybridized carbons (Fsp3) is 0.167. The van der Waals surface area contributed by atoms with Crippen LogP contribution in [0.2, 0.25) is 0 Å². The Kier molecular flexibility index (Phi) is 29.4. The van der Waals surface area contributed by atoms with E-state index >= 15 is 0 Å². The molecule has 7 heteroatoms. The first-order valence-electron chi connectivity index (χ1n) is 4.66. The number of fused-ring (bicyclic) bond motifs is 1. The van der Waals surface area contributed by atoms with E-state index in [1.54, 1.807) is 0 Å². The average molecular weight is 357 g/mol. The molecule has 0 aliphatic carbocycles. The van der Waals surface area contributed by atoms with Crippen LogP contribution >= 0.6 is 24.8 Å². The zero-order valence-corrected chi connectivity index (χ0v) is 14.8. The van der Waals surface area contributed by atoms with Gasteiger partial charge in [0.15, 0.2) is 0 Å². The van der Waals surface area contributed by atoms with E-state index in [1.807, 2.05) is 0 Å². The van der Waals surface area contributed by atoms with Crippen LogP contribution in [0.25, 0.3) is 10.8 Å². The molecule has 3 nitrogen and oxygen atoms in total. The van der Waals surface area contributed by atoms with E-state index in [1.165, 1.54) is 10.8 Å². The van der Waals surface area contributed by atoms with E-state index in [2.05, 4.69) is 50.1 Å². The molecule has 0 heterocycles. The second-order valence-corrected chi connectivity index (χ2v) is 3.86. The van der Waals surface area contributed by atoms with Gasteiger partial charge in [-0.05, 0) is 0 Å². The van der Waals surface area contributed by atoms with Gasteiger partial charge in [-0.3, -0.25) is 0 Å². The normalized spacial score (nSPS) is 6.84. The molecule has 0 spiro atoms. The number of aliphatic hydroxyl groups excluding tert-OH is 2. The molecule has 0 amide bonds. The molecule has 2 N–H and O–H groups in total. The van der Waals surface area contributed by atoms with Gasteiger partial charge in [0.2, 0.25) is 0 Å². The summed E-state index contributed by atoms with van der Waals surface area (Å²) < 4.78 is 8.97. The topological polar surface area (TPSA) is 57.5 Å². The molecule has 2 radical (unpaired) electrons. The van der Waals surface area contributed by atoms with Crippen molar-refractivity contribution in [3.05, 3.63) is 49.9 Å². The second kappa shape index (κ2) is 20.4. The zero-order chi connectivity index (χ0) is 12.2. The van der Waals surface area contributed by atoms with Crippen LogP contribution in [0.3, 0.4) is 0 Å². The molecule has 0 saturated carbocycles. The Morgan fingerprint density at radius 3 is 2.00 bits per heavy atom. The summed E-state index contributed by atoms with van der Waals surface area (Å²) in [6.45, 7) is -0.250. The van der Waals surface area contributed by atoms with Crippen molar-refractivity contribution in [1.82, 2.24) is 0 Å². The molecule has 0 aromatic heterocycles. The first kappa shape index (κ1) is 27.4. The summed E-state index contributed by atoms with van der Waals surface area (Å²) in [7, 11) is 2.75. The molecule has 2 aromatic rings. The minimum absolute atomic E-state index is 0. The van der Waals surface area contributed by atoms with Gasteiger partial charge >= 0.3 is 28.8 Å². The Labute approximate surface area is 137 Å². The summed E-state index contributed by atoms with van der Waals surface area (Å²) in [5.41, 5.74) is 0. The van der Waals surface area contributed by atoms with E-state index in [0.29, 0.717) is 0 Å². The monoisotopic (exact) mass is 356 g/mol. The van der Waals surface area contributed by atoms with Crippen LogP contribution in [0, 0.1) is 7.43 Å². The van der Waals surface area contributed by atoms with Gasteiger partial charge in [-0.25, -0.2) is 0 Å². The van der Waals surface area contributed by atoms with Gasteiger partial charge in [-0.1, -0.05) is 6.07 Å². The Hall–Kier alpha value is 0.0612. The van der Waals surface area contributed by atoms with Gasteiger partial charge in [-0.15, -0.1) is 54.5 Å². The van der Waals surface area contributed by atoms with Crippen molar-refractivity contribution in [3.63, 3.8) is 0 Å². The molecule has 0 aliphatic heterocycles. The van der Waals surface area contributed by atoms with Crippen LogP contribution in [0.5, 0.6) is 0 Å². The van der Waals surface area contributed by atoms with Gasteiger partial charge in [-0.2, -0.15) is 17.5 Å². The number of hydrogen-bond acceptors (Lipinski definition) is 3. The molecule has 2 rings (SSSR count). The van der Waals surface area contributed by atoms with Crippen molar-refractivity contribution >= 4 is 43.2 Å². The van der Waals surface area contributed by atoms with E-state index in [4.69, 9.17) is 13.5 Å². The largest absolute Gasteiger partial charge is 0.168 e. The summed E-state index contributed by atoms with van der Waals surface area (Å²) in [5.74, 6) is 0. The van der Waals surface area contributed by atoms with Gasteiger partial charge in [0.05, 0.1) is 13.2 Å². The van der Waals surface area contributed by atoms with E-state index < -0.39 is 17.9 Å². The first-order chi connectivity index (χ1) is 7.79. The number of halogens is 2. The van der Waals surface area contributed by atoms with Crippen molar-refractivity contribution in [2.75, 3.05) is 13.2 Å². The van der Waals surface area contributed by atoms with Crippen LogP contribution in [0.15, 0.2) is 42.5 Å². The summed E-state index contributed by atoms with van der Waals surface area (Å²) in [5, 5.41) is 17.9. The molecule has 0 atom stereocenters. The Balaban J connectivity index is -0.0000000994. The van der Waals surface area contributed by atoms with Gasteiger partial charge in [0.1, 0.15) is 0 Å². The zero-order valence-electron chi connectivity index (χ0n) is 10.6. The smallest absolute Gasteiger partial charge is 0.0809 e. The molecule has 0 saturated heterocycles. The van der Waals surface area contributed by atoms with Crippen LogP contribution in [-0.4, -0.2) is 31.1 Å². The predicted molar refractivity (Wildman–Crippen MR) is 81.1 cm³/mol. The maximum atomic E-state index is 8.97. The predicted octanol–water partition coefficient (Wildman–Crippen LogP) is 2.32. The number of benzene rings is 1. The molecular formula is C12H18Cl2O3SiTi-2. The minimum Gasteiger partial charge on any atom is -0.168 e. The van der Waals surface area contributed by atoms with E-state index in [9.17, 15) is 0 Å². The number of rotatable bonds is 1. The van der Waals surface area contributed by atoms with Crippen molar-refractivity contribution < 1.29 is 31.4 Å². The SMILES string of the molecule is Cl.Cl.OCCO.[CH3-].[O]=[Ti]=[Si].c1ccc2[cH-]ccc2c1. The van der Waals surface area contributed by atoms with E-state index in [-0.39, 0.29) is 45.5 Å². The third-order valence-corrected chi connectivity index (χ3v) is 1.65. The van der Waals surface area contributed by atoms with Crippen LogP contribution in [-0.2, 0) is 21.2 Å². The van der Waals surface area contributed by atoms with Crippen LogP contribution in [0.1, 0.15) is 0 Å². The summed E-state index contributed by atoms with van der Waals surface area (Å²) in [6, 6.07) is 14.7. The maximum Gasteiger partial charge on any atom is -0.0809 e. The second-order valence-electron chi connectivity index (χ2n) is 2.70. The average Bonchev–Trinajstić information content (AvgIpc) is 2.78. The quantitative estimate of drug-likeness (QED) is 0.609. The molecule has 19 heavy (non-hydrogen) atoms. The van der Waals surface area contributed by atoms with Crippen LogP contribution < -0.4 is 0 Å². The van der Waals surface area contributed by atoms with Crippen molar-refractivity contribution in [2.45, 2.75) is 0 Å². The third kappa shape index (κ3) is 14.3. The Morgan fingerprint density at radius 2 is 1.58 bits per heavy atom. The fourth-order valence-electron chi connectivity index (χ4n) is 1.07. The molecule has 0 unspecified atom stereocenters. The van der Waals surface area contributed by atoms with Crippen molar-refractivity contribution in [2.24, 2.45) is 0 Å². The maximum absolute atomic E-state index is 8.97. The van der Waals surface area contributed by atoms with Crippen molar-refractivity contribution in [3.8, 4) is 0 Å². The van der Waals surface area contributed by atoms with E-state index in [0.717, 1.165) is 0 Å². The number of hydrogen-bond donors (Lipinski definition) is 2. The summed E-state index contributed by atoms with van der Waals surface area (Å²) in [4.78, 5) is 0. The third-order valence-electron chi connectivity index (χ3n) is 1.65. The molecular weight excluding hydrogens is 339 g/mol. The standard InChI is InChI=1S/C9H7.C2H6O2.CH3.2ClH.O.Si.Ti/c1-2-5-9-7-3-6-8(9)4-1;3-1-2-4;;;;;;/h1-7H;3-4H,1-2H2;1H3;2*1H;;;/q-1;;-1;;;;;. The van der Waals surface area contributed by atoms with Crippen LogP contribution in [0.4, 0.5) is 0 Å². The summed E-state index contributed by atoms with van der Waals surface area (Å²) >= 11 is -0.944. The van der Waals surface area contributed by atoms with Gasteiger partial charge in [0, 0.05) is 0 Å². The molecule has 0 fully saturated rings. The molecule has 0 bridgehead atoms. The molecule has 0 aliphatic rings. The molecule has 108 valence electrons. The minimum atomic E-state index is -0.944. The summed E-state index contributed by atoms with van der Waals surface area (Å²) in [6.07, 6.45) is 0. The Bertz CT molecular complexity index is 399. The first-order valence-corrected chi connectivity index (χ1v) is 8.14. The Morgan fingerprint density at radius 1 is 1.11 bits per heavy atom. The van der Waals surface area contributed by atoms with Crippen molar-refractivity contribution in [1.29, 1.82) is 0 Å².